The predicted molar refractivity (Wildman–Crippen MR) is 52.9 cm³/mol. The minimum absolute atomic E-state index is 0. The number of rotatable bonds is 5. The monoisotopic (exact) mass is 211 g/mol. The highest BCUT2D eigenvalue weighted by atomic mass is 35.5. The highest BCUT2D eigenvalue weighted by Gasteiger charge is 2.24. The normalized spacial score (nSPS) is 14.8. The molecule has 0 saturated carbocycles. The van der Waals surface area contributed by atoms with Gasteiger partial charge in [0.25, 0.3) is 0 Å². The van der Waals surface area contributed by atoms with Gasteiger partial charge in [-0.2, -0.15) is 0 Å². The zero-order valence-electron chi connectivity index (χ0n) is 7.96. The summed E-state index contributed by atoms with van der Waals surface area (Å²) in [6.07, 6.45) is 0.761. The fourth-order valence-corrected chi connectivity index (χ4v) is 1.35. The van der Waals surface area contributed by atoms with Crippen LogP contribution in [-0.4, -0.2) is 28.5 Å². The highest BCUT2D eigenvalue weighted by Crippen LogP contribution is 2.18. The van der Waals surface area contributed by atoms with Crippen LogP contribution in [0.15, 0.2) is 0 Å². The van der Waals surface area contributed by atoms with Crippen molar-refractivity contribution >= 4 is 17.6 Å². The first-order valence-corrected chi connectivity index (χ1v) is 4.49. The van der Waals surface area contributed by atoms with Gasteiger partial charge in [-0.05, 0) is 24.8 Å². The standard InChI is InChI=1S/C8H16ClNO2.H2O/c1-5(2)3-6(4-10)7(9)8(11)12;/h5-7H,3-4,10H2,1-2H3,(H,11,12);1H2/t6?,7-;/m0./s1. The third kappa shape index (κ3) is 5.85. The van der Waals surface area contributed by atoms with E-state index in [0.29, 0.717) is 12.5 Å². The summed E-state index contributed by atoms with van der Waals surface area (Å²) >= 11 is 5.65. The lowest BCUT2D eigenvalue weighted by atomic mass is 9.94. The van der Waals surface area contributed by atoms with Crippen molar-refractivity contribution in [2.45, 2.75) is 25.6 Å². The fourth-order valence-electron chi connectivity index (χ4n) is 1.14. The van der Waals surface area contributed by atoms with E-state index in [1.54, 1.807) is 0 Å². The lowest BCUT2D eigenvalue weighted by molar-refractivity contribution is -0.137. The second-order valence-corrected chi connectivity index (χ2v) is 3.84. The number of nitrogens with two attached hydrogens (primary N) is 1. The first kappa shape index (κ1) is 15.2. The minimum Gasteiger partial charge on any atom is -0.480 e. The molecule has 0 radical (unpaired) electrons. The number of hydrogen-bond acceptors (Lipinski definition) is 2. The van der Waals surface area contributed by atoms with Gasteiger partial charge in [-0.1, -0.05) is 13.8 Å². The summed E-state index contributed by atoms with van der Waals surface area (Å²) in [6.45, 7) is 4.38. The van der Waals surface area contributed by atoms with Crippen molar-refractivity contribution in [3.63, 3.8) is 0 Å². The Kier molecular flexibility index (Phi) is 8.30. The second-order valence-electron chi connectivity index (χ2n) is 3.37. The quantitative estimate of drug-likeness (QED) is 0.648. The van der Waals surface area contributed by atoms with Crippen molar-refractivity contribution in [1.29, 1.82) is 0 Å². The Morgan fingerprint density at radius 2 is 2.00 bits per heavy atom. The Bertz CT molecular complexity index is 152. The number of carboxylic acids is 1. The van der Waals surface area contributed by atoms with Gasteiger partial charge in [0.15, 0.2) is 0 Å². The zero-order chi connectivity index (χ0) is 9.72. The summed E-state index contributed by atoms with van der Waals surface area (Å²) in [4.78, 5) is 10.5. The molecule has 0 heterocycles. The number of alkyl halides is 1. The maximum absolute atomic E-state index is 10.5. The van der Waals surface area contributed by atoms with Crippen molar-refractivity contribution in [3.05, 3.63) is 0 Å². The van der Waals surface area contributed by atoms with E-state index in [0.717, 1.165) is 6.42 Å². The van der Waals surface area contributed by atoms with Gasteiger partial charge in [0.05, 0.1) is 0 Å². The summed E-state index contributed by atoms with van der Waals surface area (Å²) < 4.78 is 0. The van der Waals surface area contributed by atoms with Crippen LogP contribution in [0, 0.1) is 11.8 Å². The molecular formula is C8H18ClNO3. The molecule has 0 saturated heterocycles. The molecule has 0 aromatic rings. The number of halogens is 1. The maximum Gasteiger partial charge on any atom is 0.321 e. The van der Waals surface area contributed by atoms with Crippen LogP contribution in [0.5, 0.6) is 0 Å². The van der Waals surface area contributed by atoms with E-state index < -0.39 is 11.3 Å². The van der Waals surface area contributed by atoms with Gasteiger partial charge in [0, 0.05) is 0 Å². The molecular weight excluding hydrogens is 194 g/mol. The molecule has 0 aliphatic rings. The van der Waals surface area contributed by atoms with E-state index in [-0.39, 0.29) is 11.4 Å². The molecule has 5 N–H and O–H groups in total. The lowest BCUT2D eigenvalue weighted by Crippen LogP contribution is -2.31. The molecule has 80 valence electrons. The molecule has 4 nitrogen and oxygen atoms in total. The predicted octanol–water partition coefficient (Wildman–Crippen LogP) is 0.475. The minimum atomic E-state index is -0.979. The Labute approximate surface area is 83.4 Å². The largest absolute Gasteiger partial charge is 0.480 e. The SMILES string of the molecule is CC(C)CC(CN)[C@H](Cl)C(=O)O.O. The molecule has 0 bridgehead atoms. The molecule has 0 aliphatic heterocycles. The maximum atomic E-state index is 10.5. The summed E-state index contributed by atoms with van der Waals surface area (Å²) in [5, 5.41) is 7.76. The van der Waals surface area contributed by atoms with Crippen molar-refractivity contribution in [3.8, 4) is 0 Å². The zero-order valence-corrected chi connectivity index (χ0v) is 8.71. The molecule has 0 aromatic carbocycles. The average molecular weight is 212 g/mol. The number of hydrogen-bond donors (Lipinski definition) is 2. The van der Waals surface area contributed by atoms with Crippen molar-refractivity contribution in [2.24, 2.45) is 17.6 Å². The van der Waals surface area contributed by atoms with Crippen LogP contribution >= 0.6 is 11.6 Å². The topological polar surface area (TPSA) is 94.8 Å². The molecule has 0 aromatic heterocycles. The van der Waals surface area contributed by atoms with Gasteiger partial charge in [-0.25, -0.2) is 0 Å². The van der Waals surface area contributed by atoms with Crippen LogP contribution < -0.4 is 5.73 Å². The average Bonchev–Trinajstić information content (AvgIpc) is 1.98. The van der Waals surface area contributed by atoms with E-state index >= 15 is 0 Å². The van der Waals surface area contributed by atoms with Gasteiger partial charge in [0.2, 0.25) is 0 Å². The van der Waals surface area contributed by atoms with Crippen LogP contribution in [-0.2, 0) is 4.79 Å². The van der Waals surface area contributed by atoms with Gasteiger partial charge in [0.1, 0.15) is 5.38 Å². The molecule has 2 atom stereocenters. The van der Waals surface area contributed by atoms with Crippen LogP contribution in [0.4, 0.5) is 0 Å². The number of aliphatic carboxylic acids is 1. The van der Waals surface area contributed by atoms with E-state index in [4.69, 9.17) is 22.4 Å². The number of carbonyl (C=O) groups is 1. The molecule has 0 fully saturated rings. The fraction of sp³-hybridized carbons (Fsp3) is 0.875. The summed E-state index contributed by atoms with van der Waals surface area (Å²) in [5.74, 6) is -0.670. The van der Waals surface area contributed by atoms with Gasteiger partial charge in [-0.3, -0.25) is 4.79 Å². The first-order chi connectivity index (χ1) is 5.49. The van der Waals surface area contributed by atoms with Crippen molar-refractivity contribution in [1.82, 2.24) is 0 Å². The summed E-state index contributed by atoms with van der Waals surface area (Å²) in [7, 11) is 0. The molecule has 0 amide bonds. The van der Waals surface area contributed by atoms with Gasteiger partial charge >= 0.3 is 5.97 Å². The van der Waals surface area contributed by atoms with E-state index in [2.05, 4.69) is 0 Å². The Hall–Kier alpha value is -0.320. The molecule has 0 aliphatic carbocycles. The van der Waals surface area contributed by atoms with Gasteiger partial charge < -0.3 is 16.3 Å². The van der Waals surface area contributed by atoms with E-state index in [1.165, 1.54) is 0 Å². The molecule has 1 unspecified atom stereocenters. The van der Waals surface area contributed by atoms with Crippen molar-refractivity contribution < 1.29 is 15.4 Å². The third-order valence-corrected chi connectivity index (χ3v) is 2.27. The Morgan fingerprint density at radius 3 is 2.23 bits per heavy atom. The van der Waals surface area contributed by atoms with E-state index in [1.807, 2.05) is 13.8 Å². The second kappa shape index (κ2) is 7.12. The molecule has 13 heavy (non-hydrogen) atoms. The van der Waals surface area contributed by atoms with Gasteiger partial charge in [-0.15, -0.1) is 11.6 Å². The summed E-state index contributed by atoms with van der Waals surface area (Å²) in [5.41, 5.74) is 5.41. The van der Waals surface area contributed by atoms with Crippen LogP contribution in [0.1, 0.15) is 20.3 Å². The van der Waals surface area contributed by atoms with E-state index in [9.17, 15) is 4.79 Å². The Morgan fingerprint density at radius 1 is 1.54 bits per heavy atom. The van der Waals surface area contributed by atoms with Crippen LogP contribution in [0.25, 0.3) is 0 Å². The van der Waals surface area contributed by atoms with Crippen LogP contribution in [0.2, 0.25) is 0 Å². The molecule has 5 heteroatoms. The molecule has 0 rings (SSSR count). The summed E-state index contributed by atoms with van der Waals surface area (Å²) in [6, 6.07) is 0. The van der Waals surface area contributed by atoms with Crippen LogP contribution in [0.3, 0.4) is 0 Å². The smallest absolute Gasteiger partial charge is 0.321 e. The lowest BCUT2D eigenvalue weighted by Gasteiger charge is -2.18. The highest BCUT2D eigenvalue weighted by molar-refractivity contribution is 6.29. The Balaban J connectivity index is 0. The first-order valence-electron chi connectivity index (χ1n) is 4.06. The van der Waals surface area contributed by atoms with Crippen molar-refractivity contribution in [2.75, 3.05) is 6.54 Å². The number of carboxylic acid groups (broad SMARTS) is 1. The molecule has 0 spiro atoms. The third-order valence-electron chi connectivity index (χ3n) is 1.73.